The molecule has 124 valence electrons. The summed E-state index contributed by atoms with van der Waals surface area (Å²) < 4.78 is 10.2. The molecular weight excluding hydrogens is 338 g/mol. The SMILES string of the molecule is [C-]#[N+]c1ccc2c(c[n+]3n2-c2c(ccc4c2oc2ncccc24)C3)c1C#N. The first-order chi connectivity index (χ1) is 13.3. The van der Waals surface area contributed by atoms with E-state index in [0.29, 0.717) is 23.5 Å². The highest BCUT2D eigenvalue weighted by atomic mass is 16.3. The van der Waals surface area contributed by atoms with Crippen molar-refractivity contribution in [1.82, 2.24) is 9.67 Å². The number of benzene rings is 2. The molecule has 2 aromatic carbocycles. The van der Waals surface area contributed by atoms with Crippen LogP contribution in [0.1, 0.15) is 11.1 Å². The van der Waals surface area contributed by atoms with Gasteiger partial charge in [-0.25, -0.2) is 9.83 Å². The molecule has 0 saturated heterocycles. The standard InChI is InChI=1S/C21H10N5O/c1-23-17-6-7-18-16(15(17)9-22)11-25-10-12-4-5-13-14-3-2-8-24-21(14)27-20(13)19(12)26(18)25/h2-8,11H,10H2/q+1. The van der Waals surface area contributed by atoms with Gasteiger partial charge < -0.3 is 4.42 Å². The van der Waals surface area contributed by atoms with Gasteiger partial charge in [-0.15, -0.1) is 9.36 Å². The number of nitriles is 1. The van der Waals surface area contributed by atoms with Crippen molar-refractivity contribution in [2.75, 3.05) is 0 Å². The quantitative estimate of drug-likeness (QED) is 0.308. The van der Waals surface area contributed by atoms with Crippen molar-refractivity contribution < 1.29 is 9.10 Å². The van der Waals surface area contributed by atoms with E-state index in [1.165, 1.54) is 0 Å². The van der Waals surface area contributed by atoms with Crippen LogP contribution in [0.15, 0.2) is 53.2 Å². The molecule has 0 spiro atoms. The molecule has 3 aromatic heterocycles. The minimum atomic E-state index is 0.376. The number of hydrogen-bond donors (Lipinski definition) is 0. The summed E-state index contributed by atoms with van der Waals surface area (Å²) in [5, 5.41) is 12.3. The van der Waals surface area contributed by atoms with Crippen LogP contribution in [0.2, 0.25) is 0 Å². The van der Waals surface area contributed by atoms with Crippen molar-refractivity contribution in [3.63, 3.8) is 0 Å². The Hall–Kier alpha value is -4.16. The fourth-order valence-corrected chi connectivity index (χ4v) is 4.07. The van der Waals surface area contributed by atoms with Gasteiger partial charge in [0.2, 0.25) is 17.6 Å². The summed E-state index contributed by atoms with van der Waals surface area (Å²) in [5.41, 5.74) is 5.20. The van der Waals surface area contributed by atoms with Gasteiger partial charge in [0.05, 0.1) is 29.2 Å². The molecule has 27 heavy (non-hydrogen) atoms. The first kappa shape index (κ1) is 14.1. The van der Waals surface area contributed by atoms with Crippen LogP contribution in [0.5, 0.6) is 0 Å². The predicted molar refractivity (Wildman–Crippen MR) is 98.6 cm³/mol. The molecule has 0 aliphatic carbocycles. The third-order valence-electron chi connectivity index (χ3n) is 5.22. The Labute approximate surface area is 152 Å². The molecule has 0 amide bonds. The van der Waals surface area contributed by atoms with Crippen LogP contribution in [-0.2, 0) is 6.54 Å². The number of furan rings is 1. The third kappa shape index (κ3) is 1.62. The molecule has 0 fully saturated rings. The molecule has 0 atom stereocenters. The van der Waals surface area contributed by atoms with Crippen LogP contribution in [-0.4, -0.2) is 9.67 Å². The first-order valence-corrected chi connectivity index (χ1v) is 8.45. The van der Waals surface area contributed by atoms with Crippen molar-refractivity contribution in [2.45, 2.75) is 6.54 Å². The van der Waals surface area contributed by atoms with Gasteiger partial charge in [0.1, 0.15) is 5.52 Å². The minimum absolute atomic E-state index is 0.376. The second kappa shape index (κ2) is 4.72. The van der Waals surface area contributed by atoms with Crippen LogP contribution >= 0.6 is 0 Å². The Balaban J connectivity index is 1.77. The van der Waals surface area contributed by atoms with Gasteiger partial charge in [-0.3, -0.25) is 0 Å². The molecule has 0 radical (unpaired) electrons. The van der Waals surface area contributed by atoms with Gasteiger partial charge in [0, 0.05) is 17.0 Å². The number of rotatable bonds is 0. The van der Waals surface area contributed by atoms with Crippen LogP contribution < -0.4 is 4.68 Å². The maximum atomic E-state index is 9.56. The fourth-order valence-electron chi connectivity index (χ4n) is 4.07. The average Bonchev–Trinajstić information content (AvgIpc) is 3.35. The average molecular weight is 348 g/mol. The van der Waals surface area contributed by atoms with E-state index in [0.717, 1.165) is 38.5 Å². The minimum Gasteiger partial charge on any atom is -0.435 e. The smallest absolute Gasteiger partial charge is 0.227 e. The summed E-state index contributed by atoms with van der Waals surface area (Å²) in [4.78, 5) is 7.82. The summed E-state index contributed by atoms with van der Waals surface area (Å²) in [6, 6.07) is 13.9. The second-order valence-corrected chi connectivity index (χ2v) is 6.56. The number of pyridine rings is 1. The van der Waals surface area contributed by atoms with E-state index in [2.05, 4.69) is 37.4 Å². The first-order valence-electron chi connectivity index (χ1n) is 8.45. The van der Waals surface area contributed by atoms with E-state index in [1.54, 1.807) is 12.3 Å². The largest absolute Gasteiger partial charge is 0.435 e. The van der Waals surface area contributed by atoms with Crippen LogP contribution in [0.4, 0.5) is 5.69 Å². The maximum absolute atomic E-state index is 9.56. The molecule has 0 unspecified atom stereocenters. The molecule has 0 saturated carbocycles. The number of nitrogens with zero attached hydrogens (tertiary/aromatic N) is 5. The lowest BCUT2D eigenvalue weighted by atomic mass is 10.1. The Kier molecular flexibility index (Phi) is 2.46. The molecule has 1 aliphatic heterocycles. The highest BCUT2D eigenvalue weighted by Crippen LogP contribution is 2.37. The Morgan fingerprint density at radius 2 is 2.11 bits per heavy atom. The zero-order valence-electron chi connectivity index (χ0n) is 14.0. The molecule has 6 heteroatoms. The summed E-state index contributed by atoms with van der Waals surface area (Å²) >= 11 is 0. The summed E-state index contributed by atoms with van der Waals surface area (Å²) in [7, 11) is 0. The molecule has 4 heterocycles. The molecular formula is C21H10N5O+. The van der Waals surface area contributed by atoms with Crippen LogP contribution in [0.3, 0.4) is 0 Å². The predicted octanol–water partition coefficient (Wildman–Crippen LogP) is 4.00. The lowest BCUT2D eigenvalue weighted by molar-refractivity contribution is -0.749. The van der Waals surface area contributed by atoms with Crippen molar-refractivity contribution in [2.24, 2.45) is 0 Å². The van der Waals surface area contributed by atoms with E-state index < -0.39 is 0 Å². The van der Waals surface area contributed by atoms with Gasteiger partial charge in [0.15, 0.2) is 17.8 Å². The Morgan fingerprint density at radius 3 is 2.96 bits per heavy atom. The van der Waals surface area contributed by atoms with Crippen LogP contribution in [0.25, 0.3) is 43.5 Å². The van der Waals surface area contributed by atoms with E-state index in [9.17, 15) is 5.26 Å². The number of hydrogen-bond acceptors (Lipinski definition) is 3. The zero-order valence-corrected chi connectivity index (χ0v) is 14.0. The van der Waals surface area contributed by atoms with E-state index in [-0.39, 0.29) is 0 Å². The topological polar surface area (TPSA) is 63.0 Å². The number of aromatic nitrogens is 3. The molecule has 5 aromatic rings. The van der Waals surface area contributed by atoms with Crippen molar-refractivity contribution in [3.8, 4) is 11.8 Å². The number of fused-ring (bicyclic) bond motifs is 9. The fraction of sp³-hybridized carbons (Fsp3) is 0.0476. The molecule has 1 aliphatic rings. The van der Waals surface area contributed by atoms with Gasteiger partial charge >= 0.3 is 0 Å². The summed E-state index contributed by atoms with van der Waals surface area (Å²) in [5.74, 6) is 0. The highest BCUT2D eigenvalue weighted by Gasteiger charge is 2.33. The zero-order chi connectivity index (χ0) is 18.1. The van der Waals surface area contributed by atoms with Gasteiger partial charge in [0.25, 0.3) is 0 Å². The second-order valence-electron chi connectivity index (χ2n) is 6.56. The van der Waals surface area contributed by atoms with E-state index >= 15 is 0 Å². The third-order valence-corrected chi connectivity index (χ3v) is 5.22. The van der Waals surface area contributed by atoms with Crippen molar-refractivity contribution in [3.05, 3.63) is 71.3 Å². The summed E-state index contributed by atoms with van der Waals surface area (Å²) in [6.07, 6.45) is 3.66. The van der Waals surface area contributed by atoms with Crippen molar-refractivity contribution in [1.29, 1.82) is 5.26 Å². The van der Waals surface area contributed by atoms with Gasteiger partial charge in [-0.2, -0.15) is 5.26 Å². The monoisotopic (exact) mass is 348 g/mol. The highest BCUT2D eigenvalue weighted by molar-refractivity contribution is 6.07. The lowest BCUT2D eigenvalue weighted by Crippen LogP contribution is -2.36. The van der Waals surface area contributed by atoms with Crippen LogP contribution in [0, 0.1) is 17.9 Å². The maximum Gasteiger partial charge on any atom is 0.227 e. The lowest BCUT2D eigenvalue weighted by Gasteiger charge is -2.00. The summed E-state index contributed by atoms with van der Waals surface area (Å²) in [6.45, 7) is 7.99. The molecule has 0 bridgehead atoms. The molecule has 6 nitrogen and oxygen atoms in total. The van der Waals surface area contributed by atoms with E-state index in [1.807, 2.05) is 24.4 Å². The molecule has 0 N–H and O–H groups in total. The Morgan fingerprint density at radius 1 is 1.19 bits per heavy atom. The van der Waals surface area contributed by atoms with Gasteiger partial charge in [-0.05, 0) is 30.3 Å². The Bertz CT molecular complexity index is 1520. The van der Waals surface area contributed by atoms with Gasteiger partial charge in [-0.1, -0.05) is 6.07 Å². The molecule has 6 rings (SSSR count). The van der Waals surface area contributed by atoms with Crippen molar-refractivity contribution >= 4 is 38.7 Å². The van der Waals surface area contributed by atoms with E-state index in [4.69, 9.17) is 11.0 Å². The normalized spacial score (nSPS) is 12.2.